The molecule has 6 heteroatoms. The number of carbonyl (C=O) groups is 2. The molecule has 84 valence electrons. The molecule has 0 atom stereocenters. The summed E-state index contributed by atoms with van der Waals surface area (Å²) in [5, 5.41) is 0. The van der Waals surface area contributed by atoms with Crippen LogP contribution in [0.2, 0.25) is 0 Å². The number of carbonyl (C=O) groups excluding carboxylic acids is 2. The lowest BCUT2D eigenvalue weighted by Crippen LogP contribution is -2.35. The van der Waals surface area contributed by atoms with Crippen molar-refractivity contribution in [2.24, 2.45) is 5.73 Å². The number of Topliss-reactive ketones (excluding diaryl/α,β-unsaturated/α-hetero) is 1. The van der Waals surface area contributed by atoms with Crippen LogP contribution in [-0.4, -0.2) is 34.7 Å². The van der Waals surface area contributed by atoms with E-state index in [0.29, 0.717) is 31.9 Å². The van der Waals surface area contributed by atoms with Crippen molar-refractivity contribution in [2.75, 3.05) is 18.0 Å². The van der Waals surface area contributed by atoms with Gasteiger partial charge in [0.05, 0.1) is 0 Å². The summed E-state index contributed by atoms with van der Waals surface area (Å²) in [6.45, 7) is 1.20. The number of primary amides is 1. The van der Waals surface area contributed by atoms with Crippen LogP contribution in [0.1, 0.15) is 23.3 Å². The van der Waals surface area contributed by atoms with Crippen LogP contribution in [0.5, 0.6) is 0 Å². The topological polar surface area (TPSA) is 89.2 Å². The molecule has 1 aromatic rings. The molecule has 2 heterocycles. The van der Waals surface area contributed by atoms with Crippen LogP contribution in [0.15, 0.2) is 12.3 Å². The maximum Gasteiger partial charge on any atom is 0.267 e. The van der Waals surface area contributed by atoms with Gasteiger partial charge in [0.25, 0.3) is 5.91 Å². The first-order chi connectivity index (χ1) is 7.66. The Morgan fingerprint density at radius 2 is 2.06 bits per heavy atom. The quantitative estimate of drug-likeness (QED) is 0.742. The first-order valence-electron chi connectivity index (χ1n) is 5.06. The largest absolute Gasteiger partial charge is 0.364 e. The molecule has 2 N–H and O–H groups in total. The normalized spacial score (nSPS) is 16.2. The highest BCUT2D eigenvalue weighted by Crippen LogP contribution is 2.13. The van der Waals surface area contributed by atoms with Gasteiger partial charge in [0, 0.05) is 32.1 Å². The summed E-state index contributed by atoms with van der Waals surface area (Å²) in [5.74, 6) is 0.142. The van der Waals surface area contributed by atoms with Crippen LogP contribution in [0.25, 0.3) is 0 Å². The fourth-order valence-electron chi connectivity index (χ4n) is 1.59. The molecule has 0 aromatic carbocycles. The van der Waals surface area contributed by atoms with E-state index in [-0.39, 0.29) is 11.5 Å². The number of amides is 1. The minimum absolute atomic E-state index is 0.196. The molecule has 0 saturated carbocycles. The maximum absolute atomic E-state index is 11.1. The van der Waals surface area contributed by atoms with Gasteiger partial charge < -0.3 is 10.6 Å². The lowest BCUT2D eigenvalue weighted by Gasteiger charge is -2.25. The number of aromatic nitrogens is 2. The van der Waals surface area contributed by atoms with E-state index in [1.165, 1.54) is 12.3 Å². The Kier molecular flexibility index (Phi) is 2.80. The zero-order chi connectivity index (χ0) is 11.5. The van der Waals surface area contributed by atoms with Crippen LogP contribution in [0.3, 0.4) is 0 Å². The average Bonchev–Trinajstić information content (AvgIpc) is 2.30. The lowest BCUT2D eigenvalue weighted by molar-refractivity contribution is -0.119. The summed E-state index contributed by atoms with van der Waals surface area (Å²) in [5.41, 5.74) is 5.33. The SMILES string of the molecule is NC(=O)c1ccnc(N2CCC(=O)CC2)n1. The second-order valence-corrected chi connectivity index (χ2v) is 3.63. The molecular weight excluding hydrogens is 208 g/mol. The number of ketones is 1. The van der Waals surface area contributed by atoms with E-state index in [4.69, 9.17) is 5.73 Å². The van der Waals surface area contributed by atoms with Crippen molar-refractivity contribution < 1.29 is 9.59 Å². The van der Waals surface area contributed by atoms with Crippen molar-refractivity contribution in [1.29, 1.82) is 0 Å². The minimum Gasteiger partial charge on any atom is -0.364 e. The zero-order valence-corrected chi connectivity index (χ0v) is 8.72. The number of nitrogens with zero attached hydrogens (tertiary/aromatic N) is 3. The summed E-state index contributed by atoms with van der Waals surface area (Å²) < 4.78 is 0. The van der Waals surface area contributed by atoms with Gasteiger partial charge >= 0.3 is 0 Å². The van der Waals surface area contributed by atoms with Crippen molar-refractivity contribution in [3.05, 3.63) is 18.0 Å². The Morgan fingerprint density at radius 3 is 2.69 bits per heavy atom. The predicted molar refractivity (Wildman–Crippen MR) is 57.0 cm³/mol. The summed E-state index contributed by atoms with van der Waals surface area (Å²) in [4.78, 5) is 32.0. The van der Waals surface area contributed by atoms with Crippen molar-refractivity contribution in [3.63, 3.8) is 0 Å². The minimum atomic E-state index is -0.572. The van der Waals surface area contributed by atoms with Gasteiger partial charge in [0.1, 0.15) is 11.5 Å². The Hall–Kier alpha value is -1.98. The third-order valence-electron chi connectivity index (χ3n) is 2.50. The van der Waals surface area contributed by atoms with E-state index >= 15 is 0 Å². The molecule has 2 rings (SSSR count). The summed E-state index contributed by atoms with van der Waals surface area (Å²) in [6, 6.07) is 1.47. The van der Waals surface area contributed by atoms with Crippen LogP contribution in [0, 0.1) is 0 Å². The lowest BCUT2D eigenvalue weighted by atomic mass is 10.1. The predicted octanol–water partition coefficient (Wildman–Crippen LogP) is -0.255. The average molecular weight is 220 g/mol. The van der Waals surface area contributed by atoms with E-state index in [1.54, 1.807) is 0 Å². The van der Waals surface area contributed by atoms with E-state index in [2.05, 4.69) is 9.97 Å². The molecule has 0 spiro atoms. The Morgan fingerprint density at radius 1 is 1.38 bits per heavy atom. The molecule has 1 aromatic heterocycles. The molecule has 1 saturated heterocycles. The van der Waals surface area contributed by atoms with Gasteiger partial charge in [-0.05, 0) is 6.07 Å². The molecule has 0 aliphatic carbocycles. The van der Waals surface area contributed by atoms with Crippen LogP contribution in [0.4, 0.5) is 5.95 Å². The Balaban J connectivity index is 2.17. The second kappa shape index (κ2) is 4.26. The van der Waals surface area contributed by atoms with Crippen molar-refractivity contribution in [2.45, 2.75) is 12.8 Å². The molecule has 0 bridgehead atoms. The number of rotatable bonds is 2. The van der Waals surface area contributed by atoms with E-state index in [0.717, 1.165) is 0 Å². The third-order valence-corrected chi connectivity index (χ3v) is 2.50. The standard InChI is InChI=1S/C10H12N4O2/c11-9(16)8-1-4-12-10(13-8)14-5-2-7(15)3-6-14/h1,4H,2-3,5-6H2,(H2,11,16). The van der Waals surface area contributed by atoms with E-state index in [1.807, 2.05) is 4.90 Å². The highest BCUT2D eigenvalue weighted by atomic mass is 16.1. The number of piperidine rings is 1. The van der Waals surface area contributed by atoms with E-state index in [9.17, 15) is 9.59 Å². The molecule has 16 heavy (non-hydrogen) atoms. The zero-order valence-electron chi connectivity index (χ0n) is 8.72. The van der Waals surface area contributed by atoms with Crippen LogP contribution < -0.4 is 10.6 Å². The van der Waals surface area contributed by atoms with Gasteiger partial charge in [0.15, 0.2) is 0 Å². The van der Waals surface area contributed by atoms with Crippen LogP contribution >= 0.6 is 0 Å². The van der Waals surface area contributed by atoms with Gasteiger partial charge in [-0.15, -0.1) is 0 Å². The van der Waals surface area contributed by atoms with E-state index < -0.39 is 5.91 Å². The van der Waals surface area contributed by atoms with Gasteiger partial charge in [-0.25, -0.2) is 9.97 Å². The molecular formula is C10H12N4O2. The summed E-state index contributed by atoms with van der Waals surface area (Å²) in [7, 11) is 0. The number of hydrogen-bond acceptors (Lipinski definition) is 5. The molecule has 1 aliphatic rings. The maximum atomic E-state index is 11.1. The fraction of sp³-hybridized carbons (Fsp3) is 0.400. The summed E-state index contributed by atoms with van der Waals surface area (Å²) >= 11 is 0. The number of hydrogen-bond donors (Lipinski definition) is 1. The second-order valence-electron chi connectivity index (χ2n) is 3.63. The number of anilines is 1. The highest BCUT2D eigenvalue weighted by Gasteiger charge is 2.18. The molecule has 0 radical (unpaired) electrons. The first-order valence-corrected chi connectivity index (χ1v) is 5.06. The van der Waals surface area contributed by atoms with Crippen molar-refractivity contribution in [1.82, 2.24) is 9.97 Å². The van der Waals surface area contributed by atoms with Crippen molar-refractivity contribution >= 4 is 17.6 Å². The molecule has 1 aliphatic heterocycles. The molecule has 6 nitrogen and oxygen atoms in total. The Bertz CT molecular complexity index is 423. The third kappa shape index (κ3) is 2.16. The highest BCUT2D eigenvalue weighted by molar-refractivity contribution is 5.90. The monoisotopic (exact) mass is 220 g/mol. The van der Waals surface area contributed by atoms with Gasteiger partial charge in [-0.1, -0.05) is 0 Å². The summed E-state index contributed by atoms with van der Waals surface area (Å²) in [6.07, 6.45) is 2.51. The fourth-order valence-corrected chi connectivity index (χ4v) is 1.59. The first kappa shape index (κ1) is 10.5. The molecule has 1 amide bonds. The number of nitrogens with two attached hydrogens (primary N) is 1. The van der Waals surface area contributed by atoms with Gasteiger partial charge in [0.2, 0.25) is 5.95 Å². The molecule has 0 unspecified atom stereocenters. The smallest absolute Gasteiger partial charge is 0.267 e. The van der Waals surface area contributed by atoms with Gasteiger partial charge in [-0.2, -0.15) is 0 Å². The molecule has 1 fully saturated rings. The van der Waals surface area contributed by atoms with Crippen molar-refractivity contribution in [3.8, 4) is 0 Å². The Labute approximate surface area is 92.5 Å². The van der Waals surface area contributed by atoms with Crippen LogP contribution in [-0.2, 0) is 4.79 Å². The van der Waals surface area contributed by atoms with Gasteiger partial charge in [-0.3, -0.25) is 9.59 Å².